The van der Waals surface area contributed by atoms with E-state index in [4.69, 9.17) is 10.5 Å². The number of rotatable bonds is 2. The summed E-state index contributed by atoms with van der Waals surface area (Å²) in [6.45, 7) is 6.25. The van der Waals surface area contributed by atoms with Gasteiger partial charge in [-0.15, -0.1) is 0 Å². The van der Waals surface area contributed by atoms with Crippen LogP contribution in [-0.4, -0.2) is 13.1 Å². The van der Waals surface area contributed by atoms with E-state index in [1.165, 1.54) is 0 Å². The third-order valence-electron chi connectivity index (χ3n) is 2.28. The molecule has 4 heteroatoms. The van der Waals surface area contributed by atoms with E-state index in [9.17, 15) is 4.79 Å². The number of methoxy groups -OCH3 is 1. The van der Waals surface area contributed by atoms with Gasteiger partial charge in [0.25, 0.3) is 0 Å². The van der Waals surface area contributed by atoms with Gasteiger partial charge in [0.1, 0.15) is 5.75 Å². The summed E-state index contributed by atoms with van der Waals surface area (Å²) in [5, 5.41) is 2.55. The number of hydrogen-bond donors (Lipinski definition) is 2. The molecule has 0 atom stereocenters. The van der Waals surface area contributed by atoms with Crippen molar-refractivity contribution in [1.82, 2.24) is 0 Å². The van der Waals surface area contributed by atoms with Crippen LogP contribution in [0, 0.1) is 0 Å². The molecule has 0 aliphatic heterocycles. The summed E-state index contributed by atoms with van der Waals surface area (Å²) in [7, 11) is 1.63. The molecular formula is C12H18N2O2. The average molecular weight is 222 g/mol. The van der Waals surface area contributed by atoms with Crippen LogP contribution in [0.15, 0.2) is 18.2 Å². The zero-order valence-electron chi connectivity index (χ0n) is 10.1. The van der Waals surface area contributed by atoms with Crippen molar-refractivity contribution < 1.29 is 9.53 Å². The molecule has 0 radical (unpaired) electrons. The Morgan fingerprint density at radius 3 is 2.44 bits per heavy atom. The van der Waals surface area contributed by atoms with Crippen molar-refractivity contribution in [3.63, 3.8) is 0 Å². The highest BCUT2D eigenvalue weighted by Crippen LogP contribution is 2.33. The maximum absolute atomic E-state index is 10.8. The molecule has 1 rings (SSSR count). The summed E-state index contributed by atoms with van der Waals surface area (Å²) in [6, 6.07) is 4.90. The van der Waals surface area contributed by atoms with Crippen LogP contribution in [0.25, 0.3) is 0 Å². The lowest BCUT2D eigenvalue weighted by Gasteiger charge is -2.22. The van der Waals surface area contributed by atoms with Crippen LogP contribution in [0.5, 0.6) is 5.75 Å². The highest BCUT2D eigenvalue weighted by Gasteiger charge is 2.19. The first-order valence-corrected chi connectivity index (χ1v) is 5.09. The van der Waals surface area contributed by atoms with Gasteiger partial charge >= 0.3 is 6.03 Å². The number of carbonyl (C=O) groups excluding carboxylic acids is 1. The molecule has 1 aromatic carbocycles. The van der Waals surface area contributed by atoms with Gasteiger partial charge in [0, 0.05) is 11.3 Å². The van der Waals surface area contributed by atoms with Gasteiger partial charge in [0.2, 0.25) is 0 Å². The number of nitrogens with two attached hydrogens (primary N) is 1. The van der Waals surface area contributed by atoms with Crippen LogP contribution in [0.4, 0.5) is 10.5 Å². The fourth-order valence-corrected chi connectivity index (χ4v) is 1.51. The van der Waals surface area contributed by atoms with Crippen LogP contribution in [-0.2, 0) is 5.41 Å². The maximum Gasteiger partial charge on any atom is 0.316 e. The molecule has 88 valence electrons. The normalized spacial score (nSPS) is 11.0. The number of nitrogens with one attached hydrogen (secondary N) is 1. The molecule has 2 amide bonds. The Balaban J connectivity index is 3.16. The standard InChI is InChI=1S/C12H18N2O2/c1-12(2,3)9-7-8(14-11(13)15)5-6-10(9)16-4/h5-7H,1-4H3,(H3,13,14,15). The Labute approximate surface area is 95.8 Å². The van der Waals surface area contributed by atoms with E-state index in [-0.39, 0.29) is 5.41 Å². The maximum atomic E-state index is 10.8. The molecule has 16 heavy (non-hydrogen) atoms. The van der Waals surface area contributed by atoms with Gasteiger partial charge in [-0.25, -0.2) is 4.79 Å². The fourth-order valence-electron chi connectivity index (χ4n) is 1.51. The summed E-state index contributed by atoms with van der Waals surface area (Å²) in [4.78, 5) is 10.8. The molecule has 0 aromatic heterocycles. The first-order valence-electron chi connectivity index (χ1n) is 5.09. The van der Waals surface area contributed by atoms with Crippen molar-refractivity contribution in [2.24, 2.45) is 5.73 Å². The number of benzene rings is 1. The number of anilines is 1. The van der Waals surface area contributed by atoms with Gasteiger partial charge in [-0.1, -0.05) is 20.8 Å². The van der Waals surface area contributed by atoms with Crippen molar-refractivity contribution in [3.05, 3.63) is 23.8 Å². The van der Waals surface area contributed by atoms with Crippen LogP contribution in [0.1, 0.15) is 26.3 Å². The third kappa shape index (κ3) is 2.89. The van der Waals surface area contributed by atoms with Crippen LogP contribution in [0.3, 0.4) is 0 Å². The largest absolute Gasteiger partial charge is 0.496 e. The minimum atomic E-state index is -0.565. The molecule has 0 unspecified atom stereocenters. The molecule has 0 heterocycles. The van der Waals surface area contributed by atoms with E-state index in [1.807, 2.05) is 12.1 Å². The van der Waals surface area contributed by atoms with Crippen molar-refractivity contribution in [1.29, 1.82) is 0 Å². The topological polar surface area (TPSA) is 64.3 Å². The molecule has 0 aliphatic carbocycles. The summed E-state index contributed by atoms with van der Waals surface area (Å²) in [6.07, 6.45) is 0. The summed E-state index contributed by atoms with van der Waals surface area (Å²) in [5.74, 6) is 0.808. The number of urea groups is 1. The van der Waals surface area contributed by atoms with Crippen molar-refractivity contribution in [3.8, 4) is 5.75 Å². The van der Waals surface area contributed by atoms with Gasteiger partial charge in [-0.3, -0.25) is 0 Å². The first kappa shape index (κ1) is 12.4. The first-order chi connectivity index (χ1) is 7.34. The zero-order chi connectivity index (χ0) is 12.3. The minimum Gasteiger partial charge on any atom is -0.496 e. The molecule has 3 N–H and O–H groups in total. The van der Waals surface area contributed by atoms with E-state index in [2.05, 4.69) is 26.1 Å². The van der Waals surface area contributed by atoms with Gasteiger partial charge in [-0.05, 0) is 23.6 Å². The van der Waals surface area contributed by atoms with E-state index in [0.717, 1.165) is 11.3 Å². The molecule has 0 saturated carbocycles. The van der Waals surface area contributed by atoms with Crippen LogP contribution >= 0.6 is 0 Å². The second-order valence-corrected chi connectivity index (χ2v) is 4.65. The molecule has 0 bridgehead atoms. The minimum absolute atomic E-state index is 0.0549. The lowest BCUT2D eigenvalue weighted by molar-refractivity contribution is 0.259. The Morgan fingerprint density at radius 1 is 1.38 bits per heavy atom. The second-order valence-electron chi connectivity index (χ2n) is 4.65. The molecular weight excluding hydrogens is 204 g/mol. The van der Waals surface area contributed by atoms with Crippen molar-refractivity contribution >= 4 is 11.7 Å². The Kier molecular flexibility index (Phi) is 3.42. The highest BCUT2D eigenvalue weighted by atomic mass is 16.5. The summed E-state index contributed by atoms with van der Waals surface area (Å²) < 4.78 is 5.29. The lowest BCUT2D eigenvalue weighted by Crippen LogP contribution is -2.20. The van der Waals surface area contributed by atoms with Crippen molar-refractivity contribution in [2.75, 3.05) is 12.4 Å². The Hall–Kier alpha value is -1.71. The molecule has 4 nitrogen and oxygen atoms in total. The highest BCUT2D eigenvalue weighted by molar-refractivity contribution is 5.88. The zero-order valence-corrected chi connectivity index (χ0v) is 10.1. The molecule has 0 saturated heterocycles. The predicted octanol–water partition coefficient (Wildman–Crippen LogP) is 2.48. The van der Waals surface area contributed by atoms with E-state index in [1.54, 1.807) is 13.2 Å². The summed E-state index contributed by atoms with van der Waals surface area (Å²) >= 11 is 0. The number of ether oxygens (including phenoxy) is 1. The van der Waals surface area contributed by atoms with Gasteiger partial charge in [0.05, 0.1) is 7.11 Å². The van der Waals surface area contributed by atoms with E-state index in [0.29, 0.717) is 5.69 Å². The lowest BCUT2D eigenvalue weighted by atomic mass is 9.86. The third-order valence-corrected chi connectivity index (χ3v) is 2.28. The van der Waals surface area contributed by atoms with E-state index >= 15 is 0 Å². The molecule has 0 fully saturated rings. The number of primary amides is 1. The number of amides is 2. The van der Waals surface area contributed by atoms with Crippen LogP contribution in [0.2, 0.25) is 0 Å². The quantitative estimate of drug-likeness (QED) is 0.807. The predicted molar refractivity (Wildman–Crippen MR) is 64.9 cm³/mol. The molecule has 0 aliphatic rings. The molecule has 1 aromatic rings. The fraction of sp³-hybridized carbons (Fsp3) is 0.417. The van der Waals surface area contributed by atoms with Crippen molar-refractivity contribution in [2.45, 2.75) is 26.2 Å². The smallest absolute Gasteiger partial charge is 0.316 e. The van der Waals surface area contributed by atoms with Gasteiger partial charge in [-0.2, -0.15) is 0 Å². The second kappa shape index (κ2) is 4.43. The van der Waals surface area contributed by atoms with Crippen LogP contribution < -0.4 is 15.8 Å². The SMILES string of the molecule is COc1ccc(NC(N)=O)cc1C(C)(C)C. The Morgan fingerprint density at radius 2 is 2.00 bits per heavy atom. The van der Waals surface area contributed by atoms with Gasteiger partial charge < -0.3 is 15.8 Å². The summed E-state index contributed by atoms with van der Waals surface area (Å²) in [5.41, 5.74) is 6.73. The van der Waals surface area contributed by atoms with E-state index < -0.39 is 6.03 Å². The monoisotopic (exact) mass is 222 g/mol. The Bertz CT molecular complexity index is 394. The number of hydrogen-bond acceptors (Lipinski definition) is 2. The van der Waals surface area contributed by atoms with Gasteiger partial charge in [0.15, 0.2) is 0 Å². The molecule has 0 spiro atoms. The number of carbonyl (C=O) groups is 1. The average Bonchev–Trinajstić information content (AvgIpc) is 2.15.